The summed E-state index contributed by atoms with van der Waals surface area (Å²) in [5, 5.41) is 3.64. The van der Waals surface area contributed by atoms with E-state index in [1.807, 2.05) is 44.2 Å². The second-order valence-corrected chi connectivity index (χ2v) is 12.9. The molecule has 2 aromatic carbocycles. The fraction of sp³-hybridized carbons (Fsp3) is 0.500. The fourth-order valence-electron chi connectivity index (χ4n) is 4.49. The first-order valence-corrected chi connectivity index (χ1v) is 14.7. The van der Waals surface area contributed by atoms with Crippen LogP contribution in [-0.4, -0.2) is 48.4 Å². The SMILES string of the molecule is CCCC[C@]1(CC)CS(O)(O)c2cc(OS(=O)(=O)C(F)(F)F)c(N(C)C)cc2[C@@H](c2ccccc2)N1. The maximum Gasteiger partial charge on any atom is 0.534 e. The first-order valence-electron chi connectivity index (χ1n) is 11.6. The predicted molar refractivity (Wildman–Crippen MR) is 136 cm³/mol. The van der Waals surface area contributed by atoms with Crippen molar-refractivity contribution in [2.75, 3.05) is 24.7 Å². The maximum atomic E-state index is 13.1. The summed E-state index contributed by atoms with van der Waals surface area (Å²) >= 11 is 0. The molecular formula is C24H33F3N2O5S2. The van der Waals surface area contributed by atoms with Crippen LogP contribution in [-0.2, 0) is 10.1 Å². The molecule has 0 spiro atoms. The molecule has 2 aromatic rings. The number of hydrogen-bond donors (Lipinski definition) is 3. The zero-order valence-corrected chi connectivity index (χ0v) is 22.3. The molecule has 0 fully saturated rings. The Labute approximate surface area is 212 Å². The van der Waals surface area contributed by atoms with Gasteiger partial charge in [-0.1, -0.05) is 57.0 Å². The van der Waals surface area contributed by atoms with E-state index in [0.717, 1.165) is 24.5 Å². The predicted octanol–water partition coefficient (Wildman–Crippen LogP) is 6.12. The second kappa shape index (κ2) is 10.4. The number of anilines is 1. The Morgan fingerprint density at radius 3 is 2.33 bits per heavy atom. The third-order valence-electron chi connectivity index (χ3n) is 6.47. The number of halogens is 3. The number of alkyl halides is 3. The van der Waals surface area contributed by atoms with Gasteiger partial charge in [-0.25, -0.2) is 0 Å². The molecule has 1 aliphatic heterocycles. The van der Waals surface area contributed by atoms with Crippen molar-refractivity contribution in [3.8, 4) is 5.75 Å². The van der Waals surface area contributed by atoms with Gasteiger partial charge in [0, 0.05) is 25.7 Å². The molecule has 12 heteroatoms. The van der Waals surface area contributed by atoms with Crippen LogP contribution in [0.25, 0.3) is 0 Å². The molecule has 0 aliphatic carbocycles. The molecule has 1 heterocycles. The molecule has 36 heavy (non-hydrogen) atoms. The van der Waals surface area contributed by atoms with E-state index in [4.69, 9.17) is 0 Å². The minimum absolute atomic E-state index is 0.0337. The normalized spacial score (nSPS) is 22.9. The van der Waals surface area contributed by atoms with Crippen molar-refractivity contribution in [1.82, 2.24) is 5.32 Å². The molecule has 202 valence electrons. The molecule has 1 aliphatic rings. The highest BCUT2D eigenvalue weighted by Crippen LogP contribution is 2.59. The van der Waals surface area contributed by atoms with Crippen LogP contribution in [0.2, 0.25) is 0 Å². The van der Waals surface area contributed by atoms with Gasteiger partial charge in [-0.2, -0.15) is 32.2 Å². The molecule has 3 rings (SSSR count). The number of unbranched alkanes of at least 4 members (excludes halogenated alkanes) is 1. The van der Waals surface area contributed by atoms with Gasteiger partial charge in [0.25, 0.3) is 0 Å². The molecule has 0 saturated carbocycles. The standard InChI is InChI=1S/C24H33F3N2O5S2/c1-5-7-13-23(6-2)16-35(30,31)21-15-20(34-36(32,33)24(25,26)27)19(29(3)4)14-18(21)22(28-23)17-11-9-8-10-12-17/h8-12,14-15,22,28,30-31H,5-7,13,16H2,1-4H3/t22-,23-/m1/s1. The molecule has 0 aromatic heterocycles. The van der Waals surface area contributed by atoms with Gasteiger partial charge in [0.1, 0.15) is 0 Å². The number of rotatable bonds is 8. The van der Waals surface area contributed by atoms with E-state index < -0.39 is 43.5 Å². The van der Waals surface area contributed by atoms with E-state index >= 15 is 0 Å². The first-order chi connectivity index (χ1) is 16.7. The lowest BCUT2D eigenvalue weighted by Gasteiger charge is -2.42. The molecule has 0 saturated heterocycles. The summed E-state index contributed by atoms with van der Waals surface area (Å²) in [4.78, 5) is 1.39. The van der Waals surface area contributed by atoms with Gasteiger partial charge >= 0.3 is 15.6 Å². The Kier molecular flexibility index (Phi) is 8.26. The lowest BCUT2D eigenvalue weighted by atomic mass is 9.88. The van der Waals surface area contributed by atoms with E-state index in [-0.39, 0.29) is 16.3 Å². The fourth-order valence-corrected chi connectivity index (χ4v) is 7.17. The zero-order chi connectivity index (χ0) is 26.9. The Morgan fingerprint density at radius 2 is 1.81 bits per heavy atom. The Morgan fingerprint density at radius 1 is 1.17 bits per heavy atom. The van der Waals surface area contributed by atoms with Crippen molar-refractivity contribution in [2.24, 2.45) is 0 Å². The monoisotopic (exact) mass is 550 g/mol. The summed E-state index contributed by atoms with van der Waals surface area (Å²) in [5.41, 5.74) is -5.00. The summed E-state index contributed by atoms with van der Waals surface area (Å²) in [6, 6.07) is 11.3. The minimum atomic E-state index is -5.98. The summed E-state index contributed by atoms with van der Waals surface area (Å²) < 4.78 is 90.4. The van der Waals surface area contributed by atoms with Crippen molar-refractivity contribution in [1.29, 1.82) is 0 Å². The van der Waals surface area contributed by atoms with Crippen molar-refractivity contribution < 1.29 is 34.9 Å². The van der Waals surface area contributed by atoms with Gasteiger partial charge < -0.3 is 9.08 Å². The minimum Gasteiger partial charge on any atom is -0.375 e. The average Bonchev–Trinajstić information content (AvgIpc) is 2.89. The summed E-state index contributed by atoms with van der Waals surface area (Å²) in [6.07, 6.45) is 2.95. The van der Waals surface area contributed by atoms with Gasteiger partial charge in [0.2, 0.25) is 0 Å². The van der Waals surface area contributed by atoms with Crippen molar-refractivity contribution >= 4 is 26.4 Å². The molecule has 2 atom stereocenters. The van der Waals surface area contributed by atoms with Crippen LogP contribution in [0.15, 0.2) is 47.4 Å². The topological polar surface area (TPSA) is 99.1 Å². The molecule has 0 amide bonds. The van der Waals surface area contributed by atoms with E-state index in [0.29, 0.717) is 18.4 Å². The smallest absolute Gasteiger partial charge is 0.375 e. The van der Waals surface area contributed by atoms with E-state index in [9.17, 15) is 30.7 Å². The molecule has 0 bridgehead atoms. The highest BCUT2D eigenvalue weighted by molar-refractivity contribution is 8.24. The number of benzene rings is 2. The van der Waals surface area contributed by atoms with Gasteiger partial charge in [-0.3, -0.25) is 14.4 Å². The summed E-state index contributed by atoms with van der Waals surface area (Å²) in [5.74, 6) is -0.694. The maximum absolute atomic E-state index is 13.1. The Hall–Kier alpha value is -1.99. The van der Waals surface area contributed by atoms with Crippen molar-refractivity contribution in [3.05, 3.63) is 53.6 Å². The van der Waals surface area contributed by atoms with Crippen LogP contribution >= 0.6 is 10.6 Å². The van der Waals surface area contributed by atoms with E-state index in [1.165, 1.54) is 25.1 Å². The van der Waals surface area contributed by atoms with E-state index in [1.54, 1.807) is 0 Å². The lowest BCUT2D eigenvalue weighted by molar-refractivity contribution is -0.0499. The molecule has 0 radical (unpaired) electrons. The van der Waals surface area contributed by atoms with Crippen LogP contribution in [0.1, 0.15) is 56.7 Å². The van der Waals surface area contributed by atoms with Crippen molar-refractivity contribution in [2.45, 2.75) is 61.5 Å². The highest BCUT2D eigenvalue weighted by Gasteiger charge is 2.49. The van der Waals surface area contributed by atoms with Crippen LogP contribution < -0.4 is 14.4 Å². The summed E-state index contributed by atoms with van der Waals surface area (Å²) in [6.45, 7) is 3.99. The molecule has 0 unspecified atom stereocenters. The van der Waals surface area contributed by atoms with Crippen LogP contribution in [0.3, 0.4) is 0 Å². The average molecular weight is 551 g/mol. The third-order valence-corrected chi connectivity index (χ3v) is 9.44. The highest BCUT2D eigenvalue weighted by atomic mass is 32.3. The number of hydrogen-bond acceptors (Lipinski definition) is 7. The quantitative estimate of drug-likeness (QED) is 0.269. The summed E-state index contributed by atoms with van der Waals surface area (Å²) in [7, 11) is -6.48. The second-order valence-electron chi connectivity index (χ2n) is 9.27. The van der Waals surface area contributed by atoms with Gasteiger partial charge in [-0.15, -0.1) is 0 Å². The van der Waals surface area contributed by atoms with Crippen LogP contribution in [0, 0.1) is 0 Å². The van der Waals surface area contributed by atoms with Crippen molar-refractivity contribution in [3.63, 3.8) is 0 Å². The largest absolute Gasteiger partial charge is 0.534 e. The molecular weight excluding hydrogens is 517 g/mol. The van der Waals surface area contributed by atoms with Gasteiger partial charge in [0.05, 0.1) is 22.4 Å². The Balaban J connectivity index is 2.30. The van der Waals surface area contributed by atoms with Crippen LogP contribution in [0.5, 0.6) is 5.75 Å². The zero-order valence-electron chi connectivity index (χ0n) is 20.7. The number of nitrogens with one attached hydrogen (secondary N) is 1. The first kappa shape index (κ1) is 28.6. The molecule has 3 N–H and O–H groups in total. The number of nitrogens with zero attached hydrogens (tertiary/aromatic N) is 1. The van der Waals surface area contributed by atoms with Gasteiger partial charge in [-0.05, 0) is 30.0 Å². The number of fused-ring (bicyclic) bond motifs is 1. The third kappa shape index (κ3) is 5.77. The molecule has 7 nitrogen and oxygen atoms in total. The van der Waals surface area contributed by atoms with E-state index in [2.05, 4.69) is 9.50 Å². The lowest BCUT2D eigenvalue weighted by Crippen LogP contribution is -2.49. The van der Waals surface area contributed by atoms with Gasteiger partial charge in [0.15, 0.2) is 5.75 Å². The van der Waals surface area contributed by atoms with Crippen LogP contribution in [0.4, 0.5) is 18.9 Å². The Bertz CT molecular complexity index is 1170.